The van der Waals surface area contributed by atoms with Crippen molar-refractivity contribution in [3.8, 4) is 16.3 Å². The molecule has 0 saturated carbocycles. The smallest absolute Gasteiger partial charge is 0.266 e. The van der Waals surface area contributed by atoms with E-state index in [0.717, 1.165) is 34.7 Å². The molecule has 1 aromatic carbocycles. The number of rotatable bonds is 9. The van der Waals surface area contributed by atoms with E-state index < -0.39 is 0 Å². The van der Waals surface area contributed by atoms with Gasteiger partial charge in [-0.15, -0.1) is 11.3 Å². The normalized spacial score (nSPS) is 16.3. The van der Waals surface area contributed by atoms with Crippen LogP contribution in [0, 0.1) is 5.92 Å². The number of para-hydroxylation sites is 1. The Kier molecular flexibility index (Phi) is 7.60. The molecule has 0 N–H and O–H groups in total. The van der Waals surface area contributed by atoms with Crippen LogP contribution in [0.2, 0.25) is 0 Å². The van der Waals surface area contributed by atoms with Crippen LogP contribution in [0.15, 0.2) is 58.9 Å². The monoisotopic (exact) mass is 481 g/mol. The average molecular weight is 482 g/mol. The summed E-state index contributed by atoms with van der Waals surface area (Å²) in [5.41, 5.74) is 2.79. The molecule has 1 amide bonds. The highest BCUT2D eigenvalue weighted by Crippen LogP contribution is 2.36. The Balaban J connectivity index is 1.64. The van der Waals surface area contributed by atoms with E-state index in [-0.39, 0.29) is 5.91 Å². The van der Waals surface area contributed by atoms with E-state index >= 15 is 0 Å². The lowest BCUT2D eigenvalue weighted by molar-refractivity contribution is -0.122. The van der Waals surface area contributed by atoms with Crippen LogP contribution in [0.3, 0.4) is 0 Å². The Labute approximate surface area is 203 Å². The second-order valence-electron chi connectivity index (χ2n) is 7.90. The number of aromatic nitrogens is 2. The van der Waals surface area contributed by atoms with Crippen LogP contribution in [-0.2, 0) is 4.79 Å². The van der Waals surface area contributed by atoms with E-state index in [1.165, 1.54) is 24.6 Å². The molecule has 3 heterocycles. The minimum absolute atomic E-state index is 0.0135. The molecule has 4 rings (SSSR count). The first-order valence-electron chi connectivity index (χ1n) is 11.0. The van der Waals surface area contributed by atoms with Crippen molar-refractivity contribution < 1.29 is 4.79 Å². The SMILES string of the molecule is CCCCC(CC)CN1C(=O)/C(=C\c2cn(-c3ccccc3)nc2-c2cccs2)SC1=S. The first kappa shape index (κ1) is 23.0. The average Bonchev–Trinajstić information content (AvgIpc) is 3.54. The van der Waals surface area contributed by atoms with Crippen LogP contribution in [0.1, 0.15) is 45.1 Å². The summed E-state index contributed by atoms with van der Waals surface area (Å²) >= 11 is 8.64. The van der Waals surface area contributed by atoms with Crippen molar-refractivity contribution in [2.75, 3.05) is 6.54 Å². The molecule has 0 radical (unpaired) electrons. The summed E-state index contributed by atoms with van der Waals surface area (Å²) < 4.78 is 2.53. The third kappa shape index (κ3) is 5.05. The molecule has 1 atom stereocenters. The summed E-state index contributed by atoms with van der Waals surface area (Å²) in [6.07, 6.45) is 8.50. The van der Waals surface area contributed by atoms with Gasteiger partial charge in [-0.25, -0.2) is 4.68 Å². The maximum absolute atomic E-state index is 13.2. The molecule has 32 heavy (non-hydrogen) atoms. The highest BCUT2D eigenvalue weighted by molar-refractivity contribution is 8.26. The van der Waals surface area contributed by atoms with Crippen molar-refractivity contribution in [2.24, 2.45) is 5.92 Å². The summed E-state index contributed by atoms with van der Waals surface area (Å²) in [5.74, 6) is 0.499. The van der Waals surface area contributed by atoms with Gasteiger partial charge in [0.05, 0.1) is 15.5 Å². The zero-order valence-corrected chi connectivity index (χ0v) is 20.8. The van der Waals surface area contributed by atoms with Crippen molar-refractivity contribution in [1.29, 1.82) is 0 Å². The second-order valence-corrected chi connectivity index (χ2v) is 10.5. The molecule has 3 aromatic rings. The molecule has 1 saturated heterocycles. The Morgan fingerprint density at radius 1 is 1.16 bits per heavy atom. The Bertz CT molecular complexity index is 1100. The Morgan fingerprint density at radius 2 is 1.97 bits per heavy atom. The van der Waals surface area contributed by atoms with Gasteiger partial charge in [-0.3, -0.25) is 9.69 Å². The summed E-state index contributed by atoms with van der Waals surface area (Å²) in [6.45, 7) is 5.11. The van der Waals surface area contributed by atoms with Crippen LogP contribution in [0.5, 0.6) is 0 Å². The van der Waals surface area contributed by atoms with Gasteiger partial charge in [-0.1, -0.05) is 81.4 Å². The molecule has 7 heteroatoms. The van der Waals surface area contributed by atoms with Crippen LogP contribution in [0.25, 0.3) is 22.3 Å². The highest BCUT2D eigenvalue weighted by atomic mass is 32.2. The number of benzene rings is 1. The Hall–Kier alpha value is -2.22. The molecule has 1 aliphatic heterocycles. The highest BCUT2D eigenvalue weighted by Gasteiger charge is 2.33. The van der Waals surface area contributed by atoms with Crippen molar-refractivity contribution in [3.63, 3.8) is 0 Å². The van der Waals surface area contributed by atoms with Gasteiger partial charge in [-0.2, -0.15) is 5.10 Å². The van der Waals surface area contributed by atoms with Crippen LogP contribution >= 0.6 is 35.3 Å². The number of thiocarbonyl (C=S) groups is 1. The fourth-order valence-electron chi connectivity index (χ4n) is 3.78. The van der Waals surface area contributed by atoms with Crippen LogP contribution in [0.4, 0.5) is 0 Å². The molecule has 0 spiro atoms. The van der Waals surface area contributed by atoms with Gasteiger partial charge in [-0.05, 0) is 42.0 Å². The van der Waals surface area contributed by atoms with Crippen LogP contribution < -0.4 is 0 Å². The lowest BCUT2D eigenvalue weighted by Gasteiger charge is -2.21. The van der Waals surface area contributed by atoms with Gasteiger partial charge in [0.1, 0.15) is 10.0 Å². The molecular weight excluding hydrogens is 454 g/mol. The van der Waals surface area contributed by atoms with Gasteiger partial charge in [0.2, 0.25) is 0 Å². The number of hydrogen-bond acceptors (Lipinski definition) is 5. The predicted molar refractivity (Wildman–Crippen MR) is 140 cm³/mol. The van der Waals surface area contributed by atoms with Crippen molar-refractivity contribution in [2.45, 2.75) is 39.5 Å². The number of hydrogen-bond donors (Lipinski definition) is 0. The number of unbranched alkanes of at least 4 members (excludes halogenated alkanes) is 1. The summed E-state index contributed by atoms with van der Waals surface area (Å²) in [6, 6.07) is 14.1. The molecule has 0 bridgehead atoms. The van der Waals surface area contributed by atoms with E-state index in [0.29, 0.717) is 21.7 Å². The minimum Gasteiger partial charge on any atom is -0.293 e. The van der Waals surface area contributed by atoms with Gasteiger partial charge >= 0.3 is 0 Å². The summed E-state index contributed by atoms with van der Waals surface area (Å²) in [4.78, 5) is 16.8. The number of thiophene rings is 1. The van der Waals surface area contributed by atoms with E-state index in [1.807, 2.05) is 58.7 Å². The largest absolute Gasteiger partial charge is 0.293 e. The molecule has 1 aliphatic rings. The quantitative estimate of drug-likeness (QED) is 0.243. The van der Waals surface area contributed by atoms with E-state index in [2.05, 4.69) is 19.9 Å². The molecule has 1 fully saturated rings. The maximum atomic E-state index is 13.2. The lowest BCUT2D eigenvalue weighted by Crippen LogP contribution is -2.33. The van der Waals surface area contributed by atoms with E-state index in [9.17, 15) is 4.79 Å². The van der Waals surface area contributed by atoms with Gasteiger partial charge in [0, 0.05) is 18.3 Å². The van der Waals surface area contributed by atoms with Crippen molar-refractivity contribution in [1.82, 2.24) is 14.7 Å². The number of thioether (sulfide) groups is 1. The second kappa shape index (κ2) is 10.6. The van der Waals surface area contributed by atoms with Gasteiger partial charge < -0.3 is 0 Å². The third-order valence-electron chi connectivity index (χ3n) is 5.66. The molecule has 166 valence electrons. The zero-order valence-electron chi connectivity index (χ0n) is 18.4. The molecule has 0 aliphatic carbocycles. The topological polar surface area (TPSA) is 38.1 Å². The molecule has 2 aromatic heterocycles. The first-order chi connectivity index (χ1) is 15.6. The van der Waals surface area contributed by atoms with Crippen molar-refractivity contribution >= 4 is 51.6 Å². The summed E-state index contributed by atoms with van der Waals surface area (Å²) in [5, 5.41) is 6.88. The fourth-order valence-corrected chi connectivity index (χ4v) is 5.78. The Morgan fingerprint density at radius 3 is 2.66 bits per heavy atom. The summed E-state index contributed by atoms with van der Waals surface area (Å²) in [7, 11) is 0. The van der Waals surface area contributed by atoms with Gasteiger partial charge in [0.25, 0.3) is 5.91 Å². The lowest BCUT2D eigenvalue weighted by atomic mass is 9.99. The zero-order chi connectivity index (χ0) is 22.5. The number of amides is 1. The van der Waals surface area contributed by atoms with Crippen LogP contribution in [-0.4, -0.2) is 31.5 Å². The molecule has 4 nitrogen and oxygen atoms in total. The molecule has 1 unspecified atom stereocenters. The number of carbonyl (C=O) groups excluding carboxylic acids is 1. The third-order valence-corrected chi connectivity index (χ3v) is 7.92. The fraction of sp³-hybridized carbons (Fsp3) is 0.320. The first-order valence-corrected chi connectivity index (χ1v) is 13.2. The molecular formula is C25H27N3OS3. The van der Waals surface area contributed by atoms with E-state index in [4.69, 9.17) is 17.3 Å². The van der Waals surface area contributed by atoms with E-state index in [1.54, 1.807) is 16.2 Å². The predicted octanol–water partition coefficient (Wildman–Crippen LogP) is 7.02. The van der Waals surface area contributed by atoms with Gasteiger partial charge in [0.15, 0.2) is 0 Å². The van der Waals surface area contributed by atoms with Crippen molar-refractivity contribution in [3.05, 3.63) is 64.5 Å². The number of carbonyl (C=O) groups is 1. The standard InChI is InChI=1S/C25H27N3OS3/c1-3-5-10-18(4-2)16-27-24(29)22(32-25(27)30)15-19-17-28(20-11-7-6-8-12-20)26-23(19)21-13-9-14-31-21/h6-9,11-15,17-18H,3-5,10,16H2,1-2H3/b22-15+. The maximum Gasteiger partial charge on any atom is 0.266 e. The number of nitrogens with zero attached hydrogens (tertiary/aromatic N) is 3. The minimum atomic E-state index is 0.0135.